The smallest absolute Gasteiger partial charge is 0.282 e. The number of hydrogen-bond donors (Lipinski definition) is 1. The Bertz CT molecular complexity index is 353. The predicted octanol–water partition coefficient (Wildman–Crippen LogP) is -0.607. The van der Waals surface area contributed by atoms with Crippen LogP contribution in [0.5, 0.6) is 0 Å². The molecule has 0 spiro atoms. The van der Waals surface area contributed by atoms with Crippen LogP contribution in [0.3, 0.4) is 0 Å². The fourth-order valence-corrected chi connectivity index (χ4v) is 2.96. The second-order valence-corrected chi connectivity index (χ2v) is 6.14. The molecule has 0 unspecified atom stereocenters. The zero-order valence-corrected chi connectivity index (χ0v) is 10.7. The normalized spacial score (nSPS) is 19.9. The van der Waals surface area contributed by atoms with Crippen LogP contribution in [0.25, 0.3) is 0 Å². The van der Waals surface area contributed by atoms with E-state index in [1.54, 1.807) is 13.8 Å². The molecule has 0 aliphatic carbocycles. The van der Waals surface area contributed by atoms with Crippen LogP contribution >= 0.6 is 0 Å². The van der Waals surface area contributed by atoms with Gasteiger partial charge in [0.05, 0.1) is 6.54 Å². The summed E-state index contributed by atoms with van der Waals surface area (Å²) >= 11 is 0. The molecule has 0 aromatic carbocycles. The molecule has 94 valence electrons. The van der Waals surface area contributed by atoms with Crippen LogP contribution in [-0.2, 0) is 15.0 Å². The maximum absolute atomic E-state index is 12.1. The minimum Gasteiger partial charge on any atom is -0.355 e. The number of carbonyl (C=O) groups is 1. The van der Waals surface area contributed by atoms with Crippen molar-refractivity contribution in [1.82, 2.24) is 13.9 Å². The third-order valence-corrected chi connectivity index (χ3v) is 4.76. The second-order valence-electron chi connectivity index (χ2n) is 4.15. The van der Waals surface area contributed by atoms with Crippen molar-refractivity contribution in [1.29, 1.82) is 0 Å². The summed E-state index contributed by atoms with van der Waals surface area (Å²) in [4.78, 5) is 11.3. The van der Waals surface area contributed by atoms with Gasteiger partial charge < -0.3 is 5.32 Å². The summed E-state index contributed by atoms with van der Waals surface area (Å²) in [5, 5.41) is 2.65. The zero-order valence-electron chi connectivity index (χ0n) is 9.93. The van der Waals surface area contributed by atoms with E-state index in [9.17, 15) is 13.2 Å². The minimum atomic E-state index is -3.51. The van der Waals surface area contributed by atoms with Gasteiger partial charge in [0.25, 0.3) is 10.2 Å². The number of rotatable bonds is 3. The van der Waals surface area contributed by atoms with Crippen LogP contribution < -0.4 is 5.32 Å². The fourth-order valence-electron chi connectivity index (χ4n) is 1.42. The van der Waals surface area contributed by atoms with Crippen molar-refractivity contribution in [3.63, 3.8) is 0 Å². The van der Waals surface area contributed by atoms with Crippen LogP contribution in [0.15, 0.2) is 0 Å². The first-order valence-electron chi connectivity index (χ1n) is 5.35. The summed E-state index contributed by atoms with van der Waals surface area (Å²) < 4.78 is 26.7. The molecule has 0 aromatic heterocycles. The molecule has 0 bridgehead atoms. The van der Waals surface area contributed by atoms with Crippen molar-refractivity contribution in [2.45, 2.75) is 26.3 Å². The van der Waals surface area contributed by atoms with E-state index in [1.165, 1.54) is 15.7 Å². The molecular formula is C9H19N3O3S. The van der Waals surface area contributed by atoms with Gasteiger partial charge in [0.15, 0.2) is 0 Å². The van der Waals surface area contributed by atoms with E-state index in [4.69, 9.17) is 0 Å². The summed E-state index contributed by atoms with van der Waals surface area (Å²) in [5.74, 6) is -0.238. The van der Waals surface area contributed by atoms with Crippen LogP contribution in [-0.4, -0.2) is 55.7 Å². The van der Waals surface area contributed by atoms with Gasteiger partial charge in [-0.1, -0.05) is 0 Å². The Hall–Kier alpha value is -0.660. The van der Waals surface area contributed by atoms with Crippen LogP contribution in [0.4, 0.5) is 0 Å². The third-order valence-electron chi connectivity index (χ3n) is 2.64. The van der Waals surface area contributed by atoms with Gasteiger partial charge in [-0.25, -0.2) is 0 Å². The molecule has 1 aliphatic heterocycles. The van der Waals surface area contributed by atoms with Crippen molar-refractivity contribution >= 4 is 16.1 Å². The molecule has 1 rings (SSSR count). The average Bonchev–Trinajstić information content (AvgIpc) is 2.41. The molecule has 1 N–H and O–H groups in total. The number of hydrogen-bond acceptors (Lipinski definition) is 3. The first kappa shape index (κ1) is 13.4. The van der Waals surface area contributed by atoms with E-state index >= 15 is 0 Å². The van der Waals surface area contributed by atoms with Crippen molar-refractivity contribution < 1.29 is 13.2 Å². The quantitative estimate of drug-likeness (QED) is 0.725. The first-order chi connectivity index (χ1) is 7.35. The summed E-state index contributed by atoms with van der Waals surface area (Å²) in [6.45, 7) is 4.44. The van der Waals surface area contributed by atoms with Gasteiger partial charge in [0.2, 0.25) is 5.91 Å². The van der Waals surface area contributed by atoms with Crippen molar-refractivity contribution in [2.75, 3.05) is 26.7 Å². The monoisotopic (exact) mass is 249 g/mol. The molecule has 0 aromatic rings. The molecule has 0 saturated carbocycles. The Morgan fingerprint density at radius 1 is 1.44 bits per heavy atom. The van der Waals surface area contributed by atoms with E-state index < -0.39 is 10.2 Å². The van der Waals surface area contributed by atoms with Crippen LogP contribution in [0, 0.1) is 0 Å². The average molecular weight is 249 g/mol. The fraction of sp³-hybridized carbons (Fsp3) is 0.889. The van der Waals surface area contributed by atoms with Crippen LogP contribution in [0.2, 0.25) is 0 Å². The van der Waals surface area contributed by atoms with E-state index in [-0.39, 0.29) is 18.5 Å². The summed E-state index contributed by atoms with van der Waals surface area (Å²) in [6, 6.07) is -0.115. The summed E-state index contributed by atoms with van der Waals surface area (Å²) in [5.41, 5.74) is 0. The lowest BCUT2D eigenvalue weighted by atomic mass is 10.4. The molecule has 0 atom stereocenters. The number of carbonyl (C=O) groups excluding carboxylic acids is 1. The second kappa shape index (κ2) is 5.11. The Morgan fingerprint density at radius 3 is 2.62 bits per heavy atom. The third kappa shape index (κ3) is 2.93. The van der Waals surface area contributed by atoms with E-state index in [0.29, 0.717) is 19.5 Å². The highest BCUT2D eigenvalue weighted by Gasteiger charge is 2.30. The van der Waals surface area contributed by atoms with Gasteiger partial charge >= 0.3 is 0 Å². The Labute approximate surface area is 96.8 Å². The standard InChI is InChI=1S/C9H19N3O3S/c1-8(2)11(3)16(14,15)12-6-4-5-10-9(13)7-12/h8H,4-7H2,1-3H3,(H,10,13). The first-order valence-corrected chi connectivity index (χ1v) is 6.75. The van der Waals surface area contributed by atoms with E-state index in [1.807, 2.05) is 0 Å². The van der Waals surface area contributed by atoms with Gasteiger partial charge in [-0.15, -0.1) is 0 Å². The largest absolute Gasteiger partial charge is 0.355 e. The van der Waals surface area contributed by atoms with E-state index in [0.717, 1.165) is 0 Å². The number of amides is 1. The van der Waals surface area contributed by atoms with Crippen molar-refractivity contribution in [3.8, 4) is 0 Å². The van der Waals surface area contributed by atoms with Gasteiger partial charge in [-0.05, 0) is 20.3 Å². The molecule has 1 aliphatic rings. The SMILES string of the molecule is CC(C)N(C)S(=O)(=O)N1CCCNC(=O)C1. The lowest BCUT2D eigenvalue weighted by molar-refractivity contribution is -0.120. The van der Waals surface area contributed by atoms with Gasteiger partial charge in [-0.2, -0.15) is 17.0 Å². The molecule has 16 heavy (non-hydrogen) atoms. The molecule has 6 nitrogen and oxygen atoms in total. The van der Waals surface area contributed by atoms with Crippen molar-refractivity contribution in [2.24, 2.45) is 0 Å². The maximum Gasteiger partial charge on any atom is 0.282 e. The molecule has 1 fully saturated rings. The summed E-state index contributed by atoms with van der Waals surface area (Å²) in [6.07, 6.45) is 0.650. The highest BCUT2D eigenvalue weighted by molar-refractivity contribution is 7.86. The minimum absolute atomic E-state index is 0.0839. The van der Waals surface area contributed by atoms with E-state index in [2.05, 4.69) is 5.32 Å². The molecule has 1 saturated heterocycles. The molecular weight excluding hydrogens is 230 g/mol. The Morgan fingerprint density at radius 2 is 2.06 bits per heavy atom. The molecule has 1 amide bonds. The maximum atomic E-state index is 12.1. The zero-order chi connectivity index (χ0) is 12.3. The highest BCUT2D eigenvalue weighted by Crippen LogP contribution is 2.11. The Balaban J connectivity index is 2.85. The lowest BCUT2D eigenvalue weighted by Gasteiger charge is -2.27. The number of nitrogens with zero attached hydrogens (tertiary/aromatic N) is 2. The van der Waals surface area contributed by atoms with Gasteiger partial charge in [0.1, 0.15) is 0 Å². The molecule has 0 radical (unpaired) electrons. The van der Waals surface area contributed by atoms with Gasteiger partial charge in [0, 0.05) is 26.2 Å². The van der Waals surface area contributed by atoms with Gasteiger partial charge in [-0.3, -0.25) is 4.79 Å². The summed E-state index contributed by atoms with van der Waals surface area (Å²) in [7, 11) is -1.98. The van der Waals surface area contributed by atoms with Crippen LogP contribution in [0.1, 0.15) is 20.3 Å². The highest BCUT2D eigenvalue weighted by atomic mass is 32.2. The lowest BCUT2D eigenvalue weighted by Crippen LogP contribution is -2.47. The number of nitrogens with one attached hydrogen (secondary N) is 1. The Kier molecular flexibility index (Phi) is 4.28. The van der Waals surface area contributed by atoms with Crippen molar-refractivity contribution in [3.05, 3.63) is 0 Å². The predicted molar refractivity (Wildman–Crippen MR) is 61.0 cm³/mol. The molecule has 7 heteroatoms. The topological polar surface area (TPSA) is 69.7 Å². The molecule has 1 heterocycles.